The van der Waals surface area contributed by atoms with E-state index in [1.54, 1.807) is 7.11 Å². The van der Waals surface area contributed by atoms with Gasteiger partial charge in [-0.1, -0.05) is 17.7 Å². The molecule has 6 heteroatoms. The summed E-state index contributed by atoms with van der Waals surface area (Å²) in [6, 6.07) is 7.92. The average molecular weight is 393 g/mol. The summed E-state index contributed by atoms with van der Waals surface area (Å²) in [5, 5.41) is 5.99. The first kappa shape index (κ1) is 23.1. The zero-order valence-corrected chi connectivity index (χ0v) is 20.0. The van der Waals surface area contributed by atoms with E-state index in [4.69, 9.17) is 9.47 Å². The van der Waals surface area contributed by atoms with Crippen LogP contribution in [0.25, 0.3) is 0 Å². The molecule has 0 fully saturated rings. The van der Waals surface area contributed by atoms with Crippen molar-refractivity contribution in [3.63, 3.8) is 0 Å². The molecule has 0 heterocycles. The van der Waals surface area contributed by atoms with E-state index in [0.29, 0.717) is 6.54 Å². The fraction of sp³-hybridized carbons (Fsp3) is 0.529. The number of rotatable bonds is 7. The molecule has 0 bridgehead atoms. The van der Waals surface area contributed by atoms with Gasteiger partial charge in [-0.15, -0.1) is 6.42 Å². The van der Waals surface area contributed by atoms with Gasteiger partial charge in [-0.2, -0.15) is 0 Å². The van der Waals surface area contributed by atoms with Crippen molar-refractivity contribution in [2.24, 2.45) is 0 Å². The van der Waals surface area contributed by atoms with Crippen LogP contribution in [0, 0.1) is 6.54 Å². The number of carbonyl (C=O) groups excluding carboxylic acids is 1. The van der Waals surface area contributed by atoms with Crippen LogP contribution < -0.4 is 73.6 Å². The number of alkyl carbamates (subject to hydrolysis) is 1. The second-order valence-corrected chi connectivity index (χ2v) is 6.21. The molecule has 1 unspecified atom stereocenters. The van der Waals surface area contributed by atoms with Crippen molar-refractivity contribution >= 4 is 6.09 Å². The Hall–Kier alpha value is 0.0552. The zero-order valence-electron chi connectivity index (χ0n) is 15.1. The second kappa shape index (κ2) is 11.6. The van der Waals surface area contributed by atoms with Gasteiger partial charge in [0, 0.05) is 6.04 Å². The second-order valence-electron chi connectivity index (χ2n) is 6.21. The van der Waals surface area contributed by atoms with Crippen LogP contribution in [-0.2, 0) is 11.2 Å². The van der Waals surface area contributed by atoms with Gasteiger partial charge in [0.1, 0.15) is 11.4 Å². The molecule has 1 atom stereocenters. The topological polar surface area (TPSA) is 59.6 Å². The van der Waals surface area contributed by atoms with Gasteiger partial charge in [0.15, 0.2) is 0 Å². The summed E-state index contributed by atoms with van der Waals surface area (Å²) < 4.78 is 10.3. The van der Waals surface area contributed by atoms with Crippen LogP contribution in [0.1, 0.15) is 33.3 Å². The average Bonchev–Trinajstić information content (AvgIpc) is 2.42. The minimum atomic E-state index is -0.474. The summed E-state index contributed by atoms with van der Waals surface area (Å²) in [7, 11) is 1.65. The third kappa shape index (κ3) is 11.3. The van der Waals surface area contributed by atoms with Gasteiger partial charge in [-0.25, -0.2) is 4.79 Å². The van der Waals surface area contributed by atoms with Crippen LogP contribution in [-0.4, -0.2) is 31.4 Å². The van der Waals surface area contributed by atoms with Crippen molar-refractivity contribution in [3.8, 4) is 5.75 Å². The third-order valence-electron chi connectivity index (χ3n) is 2.83. The molecule has 0 aliphatic carbocycles. The van der Waals surface area contributed by atoms with Crippen LogP contribution in [0.15, 0.2) is 24.3 Å². The van der Waals surface area contributed by atoms with Crippen molar-refractivity contribution < 1.29 is 72.5 Å². The molecule has 0 radical (unpaired) electrons. The first-order valence-electron chi connectivity index (χ1n) is 7.47. The fourth-order valence-electron chi connectivity index (χ4n) is 1.77. The van der Waals surface area contributed by atoms with E-state index in [2.05, 4.69) is 10.6 Å². The largest absolute Gasteiger partial charge is 1.00 e. The number of ether oxygens (including phenoxy) is 2. The van der Waals surface area contributed by atoms with Gasteiger partial charge in [0.2, 0.25) is 0 Å². The maximum atomic E-state index is 11.6. The van der Waals surface area contributed by atoms with E-state index < -0.39 is 11.7 Å². The minimum absolute atomic E-state index is 0. The van der Waals surface area contributed by atoms with Crippen molar-refractivity contribution in [2.45, 2.75) is 45.8 Å². The molecule has 1 amide bonds. The molecule has 0 saturated carbocycles. The van der Waals surface area contributed by atoms with Crippen molar-refractivity contribution in [3.05, 3.63) is 36.4 Å². The van der Waals surface area contributed by atoms with Crippen LogP contribution >= 0.6 is 0 Å². The number of nitrogens with one attached hydrogen (secondary N) is 2. The Kier molecular flexibility index (Phi) is 11.6. The molecule has 1 aromatic carbocycles. The van der Waals surface area contributed by atoms with Gasteiger partial charge in [-0.3, -0.25) is 6.54 Å². The summed E-state index contributed by atoms with van der Waals surface area (Å²) in [5.41, 5.74) is 0.721. The monoisotopic (exact) mass is 392 g/mol. The van der Waals surface area contributed by atoms with E-state index in [0.717, 1.165) is 12.2 Å². The number of hydrogen-bond acceptors (Lipinski definition) is 4. The molecule has 1 rings (SSSR count). The number of methoxy groups -OCH3 is 1. The SMILES string of the molecule is COc1ccc(C[CH-]NCC(C)NC(=O)OC(C)(C)C)cc1.[Rb+]. The number of hydrogen-bond donors (Lipinski definition) is 2. The van der Waals surface area contributed by atoms with Gasteiger partial charge in [0.25, 0.3) is 0 Å². The van der Waals surface area contributed by atoms with E-state index in [1.807, 2.05) is 58.5 Å². The molecule has 23 heavy (non-hydrogen) atoms. The van der Waals surface area contributed by atoms with E-state index >= 15 is 0 Å². The maximum absolute atomic E-state index is 11.6. The van der Waals surface area contributed by atoms with Gasteiger partial charge in [-0.05, 0) is 46.4 Å². The number of benzene rings is 1. The predicted octanol–water partition coefficient (Wildman–Crippen LogP) is -0.0937. The van der Waals surface area contributed by atoms with Crippen molar-refractivity contribution in [1.82, 2.24) is 10.6 Å². The molecule has 0 aliphatic rings. The molecule has 0 spiro atoms. The van der Waals surface area contributed by atoms with E-state index in [-0.39, 0.29) is 64.2 Å². The van der Waals surface area contributed by atoms with Crippen LogP contribution in [0.2, 0.25) is 0 Å². The molecule has 5 nitrogen and oxygen atoms in total. The van der Waals surface area contributed by atoms with Gasteiger partial charge < -0.3 is 20.1 Å². The summed E-state index contributed by atoms with van der Waals surface area (Å²) in [4.78, 5) is 11.6. The number of carbonyl (C=O) groups is 1. The molecule has 124 valence electrons. The first-order chi connectivity index (χ1) is 10.3. The van der Waals surface area contributed by atoms with Crippen molar-refractivity contribution in [2.75, 3.05) is 13.7 Å². The van der Waals surface area contributed by atoms with E-state index in [1.165, 1.54) is 5.56 Å². The quantitative estimate of drug-likeness (QED) is 0.503. The third-order valence-corrected chi connectivity index (χ3v) is 2.83. The molecule has 0 aromatic heterocycles. The normalized spacial score (nSPS) is 12.0. The Balaban J connectivity index is 0.00000484. The summed E-state index contributed by atoms with van der Waals surface area (Å²) >= 11 is 0. The summed E-state index contributed by atoms with van der Waals surface area (Å²) in [6.45, 7) is 10.1. The maximum Gasteiger partial charge on any atom is 1.00 e. The van der Waals surface area contributed by atoms with Gasteiger partial charge >= 0.3 is 64.3 Å². The Morgan fingerprint density at radius 1 is 1.26 bits per heavy atom. The number of amides is 1. The molecule has 0 saturated heterocycles. The Morgan fingerprint density at radius 3 is 2.39 bits per heavy atom. The Bertz CT molecular complexity index is 458. The molecular formula is C17H27N2O3Rb. The molecule has 1 aromatic rings. The minimum Gasteiger partial charge on any atom is -0.497 e. The fourth-order valence-corrected chi connectivity index (χ4v) is 1.77. The molecule has 2 N–H and O–H groups in total. The smallest absolute Gasteiger partial charge is 0.497 e. The van der Waals surface area contributed by atoms with Crippen LogP contribution in [0.3, 0.4) is 0 Å². The van der Waals surface area contributed by atoms with Crippen LogP contribution in [0.5, 0.6) is 5.75 Å². The zero-order chi connectivity index (χ0) is 16.6. The predicted molar refractivity (Wildman–Crippen MR) is 87.8 cm³/mol. The van der Waals surface area contributed by atoms with Gasteiger partial charge in [0.05, 0.1) is 7.11 Å². The summed E-state index contributed by atoms with van der Waals surface area (Å²) in [6.07, 6.45) is 0.417. The molecule has 0 aliphatic heterocycles. The summed E-state index contributed by atoms with van der Waals surface area (Å²) in [5.74, 6) is 0.854. The molecular weight excluding hydrogens is 366 g/mol. The Labute approximate surface area is 188 Å². The standard InChI is InChI=1S/C17H27N2O3.Rb/c1-13(19-16(20)22-17(2,3)4)12-18-11-10-14-6-8-15(21-5)9-7-14;/h6-9,11,13,18H,10,12H2,1-5H3,(H,19,20);/q-1;+1. The van der Waals surface area contributed by atoms with Crippen molar-refractivity contribution in [1.29, 1.82) is 0 Å². The van der Waals surface area contributed by atoms with E-state index in [9.17, 15) is 4.79 Å². The first-order valence-corrected chi connectivity index (χ1v) is 7.47. The Morgan fingerprint density at radius 2 is 1.87 bits per heavy atom. The van der Waals surface area contributed by atoms with Crippen LogP contribution in [0.4, 0.5) is 4.79 Å².